The molecule has 9 heterocycles. The van der Waals surface area contributed by atoms with Crippen molar-refractivity contribution in [1.82, 2.24) is 83.5 Å². The molecule has 15 bridgehead atoms. The second kappa shape index (κ2) is 36.4. The van der Waals surface area contributed by atoms with Crippen LogP contribution >= 0.6 is 0 Å². The molecule has 0 radical (unpaired) electrons. The molecule has 3 aromatic heterocycles. The maximum atomic E-state index is 15.4. The number of hydrazine groups is 3. The third-order valence-electron chi connectivity index (χ3n) is 23.5. The Morgan fingerprint density at radius 2 is 0.758 bits per heavy atom. The van der Waals surface area contributed by atoms with Crippen LogP contribution in [0.3, 0.4) is 0 Å². The van der Waals surface area contributed by atoms with Crippen molar-refractivity contribution in [2.75, 3.05) is 39.5 Å². The van der Waals surface area contributed by atoms with Crippen LogP contribution in [0.5, 0.6) is 17.6 Å². The van der Waals surface area contributed by atoms with Crippen LogP contribution in [0.4, 0.5) is 0 Å². The number of amides is 10. The Labute approximate surface area is 697 Å². The summed E-state index contributed by atoms with van der Waals surface area (Å²) < 4.78 is 31.5. The Morgan fingerprint density at radius 3 is 1.20 bits per heavy atom. The number of nitrogens with zero attached hydrogens (tertiary/aromatic N) is 6. The molecule has 120 heavy (non-hydrogen) atoms. The molecule has 33 heteroatoms. The van der Waals surface area contributed by atoms with Gasteiger partial charge in [0.25, 0.3) is 17.7 Å². The van der Waals surface area contributed by atoms with E-state index in [0.29, 0.717) is 88.1 Å². The molecule has 10 amide bonds. The lowest BCUT2D eigenvalue weighted by Crippen LogP contribution is -2.62. The number of aromatic nitrogens is 3. The highest BCUT2D eigenvalue weighted by Gasteiger charge is 2.43. The Hall–Kier alpha value is -11.2. The van der Waals surface area contributed by atoms with Crippen LogP contribution in [0, 0.1) is 34.0 Å². The third kappa shape index (κ3) is 20.3. The molecule has 0 aliphatic carbocycles. The van der Waals surface area contributed by atoms with Gasteiger partial charge in [-0.05, 0) is 203 Å². The molecular formula is C87H114N16O17. The van der Waals surface area contributed by atoms with Crippen LogP contribution < -0.4 is 67.7 Å². The van der Waals surface area contributed by atoms with Gasteiger partial charge in [-0.2, -0.15) is 0 Å². The zero-order chi connectivity index (χ0) is 86.7. The quantitative estimate of drug-likeness (QED) is 0.0839. The molecule has 3 aromatic carbocycles. The number of nitrogens with one attached hydrogen (secondary N) is 10. The molecule has 644 valence electrons. The zero-order valence-corrected chi connectivity index (χ0v) is 71.2. The van der Waals surface area contributed by atoms with Gasteiger partial charge in [0.1, 0.15) is 86.4 Å². The Morgan fingerprint density at radius 1 is 0.400 bits per heavy atom. The van der Waals surface area contributed by atoms with Crippen molar-refractivity contribution in [3.8, 4) is 17.6 Å². The lowest BCUT2D eigenvalue weighted by atomic mass is 9.89. The van der Waals surface area contributed by atoms with Crippen molar-refractivity contribution >= 4 is 103 Å². The fourth-order valence-corrected chi connectivity index (χ4v) is 15.6. The van der Waals surface area contributed by atoms with Gasteiger partial charge in [0.15, 0.2) is 0 Å². The average Bonchev–Trinajstić information content (AvgIpc) is 0.925. The molecule has 2 unspecified atom stereocenters. The first-order chi connectivity index (χ1) is 56.7. The van der Waals surface area contributed by atoms with E-state index in [0.717, 1.165) is 10.8 Å². The molecule has 3 saturated heterocycles. The average molecular weight is 1660 g/mol. The fraction of sp³-hybridized carbons (Fsp3) is 0.552. The van der Waals surface area contributed by atoms with Gasteiger partial charge in [0.05, 0.1) is 33.7 Å². The molecule has 33 nitrogen and oxygen atoms in total. The van der Waals surface area contributed by atoms with E-state index >= 15 is 14.4 Å². The van der Waals surface area contributed by atoms with Crippen LogP contribution in [-0.4, -0.2) is 195 Å². The van der Waals surface area contributed by atoms with Crippen molar-refractivity contribution in [2.24, 2.45) is 34.0 Å². The van der Waals surface area contributed by atoms with Crippen LogP contribution in [0.15, 0.2) is 79.0 Å². The number of hydrogen-bond acceptors (Lipinski definition) is 23. The summed E-state index contributed by atoms with van der Waals surface area (Å²) in [7, 11) is 0. The maximum Gasteiger partial charge on any atom is 0.325 e. The summed E-state index contributed by atoms with van der Waals surface area (Å²) in [6.07, 6.45) is 2.48. The highest BCUT2D eigenvalue weighted by atomic mass is 16.6. The minimum Gasteiger partial charge on any atom is -0.477 e. The fourth-order valence-electron chi connectivity index (χ4n) is 15.6. The van der Waals surface area contributed by atoms with Gasteiger partial charge in [-0.15, -0.1) is 0 Å². The predicted molar refractivity (Wildman–Crippen MR) is 441 cm³/mol. The van der Waals surface area contributed by atoms with Gasteiger partial charge < -0.3 is 60.9 Å². The topological polar surface area (TPSA) is 420 Å². The first kappa shape index (κ1) is 88.1. The zero-order valence-electron chi connectivity index (χ0n) is 71.2. The molecule has 10 N–H and O–H groups in total. The molecule has 6 aromatic rings. The van der Waals surface area contributed by atoms with E-state index in [1.807, 2.05) is 43.3 Å². The highest BCUT2D eigenvalue weighted by Crippen LogP contribution is 2.35. The lowest BCUT2D eigenvalue weighted by molar-refractivity contribution is -0.158. The number of esters is 2. The van der Waals surface area contributed by atoms with Crippen molar-refractivity contribution in [2.45, 2.75) is 235 Å². The molecule has 12 rings (SSSR count). The summed E-state index contributed by atoms with van der Waals surface area (Å²) in [4.78, 5) is 189. The predicted octanol–water partition coefficient (Wildman–Crippen LogP) is 5.84. The van der Waals surface area contributed by atoms with Crippen LogP contribution in [0.25, 0.3) is 32.3 Å². The Balaban J connectivity index is 0.858. The Kier molecular flexibility index (Phi) is 26.7. The second-order valence-electron chi connectivity index (χ2n) is 35.4. The summed E-state index contributed by atoms with van der Waals surface area (Å²) in [6, 6.07) is 11.1. The third-order valence-corrected chi connectivity index (χ3v) is 23.5. The summed E-state index contributed by atoms with van der Waals surface area (Å²) in [5.74, 6) is -8.72. The number of hydrogen-bond donors (Lipinski definition) is 10. The van der Waals surface area contributed by atoms with Gasteiger partial charge in [-0.3, -0.25) is 72.6 Å². The van der Waals surface area contributed by atoms with E-state index in [4.69, 9.17) is 33.7 Å². The van der Waals surface area contributed by atoms with Crippen molar-refractivity contribution in [1.29, 1.82) is 0 Å². The SMILES string of the molecule is CC(C)[C@@H]1NC(=O)C(C)(C)COc2cc3cc(ccc3c(CC(C)[C@@H]3NC(=O)C(C)(C)COc4cc5cc(ccc5c(CC(C)[C@@H]5NC(=O)C(C)(C)COc6cc7cc(ccc7cn6)[C@@H](C)OC(=O)[C@@H]6CCCN(N6)C(=O)[C@H](C)NC5=O)n4)[C@@H](C)OC(=O)[C@H]4CCCN(N4)C(=O)[C@H](C)NC3=O)n2)[C@@H](C)NC(=O)[C@@H]2CCCN(N2)C(=O)[C@H](C)NC1=O. The van der Waals surface area contributed by atoms with Crippen molar-refractivity contribution < 1.29 is 81.2 Å². The van der Waals surface area contributed by atoms with E-state index in [9.17, 15) is 43.2 Å². The van der Waals surface area contributed by atoms with Crippen molar-refractivity contribution in [3.63, 3.8) is 0 Å². The standard InChI is InChI=1S/C87H114N16O17/c1-44(2)70-74(105)90-48(6)77(108)101-29-17-20-62(98-101)73(104)89-47(5)53-25-27-60-58(34-53)38-68(117-42-86(13,14)82(113)95-70)93-65(60)32-45(3)72-76(107)92-50(8)79(110)103-31-19-22-64(100-103)81(112)120-52(10)55-26-28-61-59(36-55)39-69(118-43-87(15,16)84(115)97-72)94-66(61)33-46(4)71-75(106)91-49(7)78(109)102-30-18-21-63(99-102)80(111)119-51(9)54-23-24-56-40-88-67(37-57(56)35-54)116-41-85(11,12)83(114)96-71/h23-28,34-40,44-52,62-64,70-72,98-100H,17-22,29-33,41-43H2,1-16H3,(H,89,104)(H,90,105)(H,91,106)(H,92,107)(H,95,113)(H,96,114)(H,97,115)/t45?,46?,47-,48+,49+,50+,51-,52-,62+,63+,64-,70+,71+,72+/m1/s1. The van der Waals surface area contributed by atoms with E-state index in [1.165, 1.54) is 28.9 Å². The van der Waals surface area contributed by atoms with Gasteiger partial charge in [-0.25, -0.2) is 31.2 Å². The molecule has 6 aliphatic rings. The molecule has 0 spiro atoms. The second-order valence-corrected chi connectivity index (χ2v) is 35.4. The van der Waals surface area contributed by atoms with Crippen LogP contribution in [0.1, 0.15) is 196 Å². The monoisotopic (exact) mass is 1650 g/mol. The van der Waals surface area contributed by atoms with Crippen molar-refractivity contribution in [3.05, 3.63) is 107 Å². The molecule has 14 atom stereocenters. The number of ether oxygens (including phenoxy) is 5. The molecule has 6 aliphatic heterocycles. The van der Waals surface area contributed by atoms with Gasteiger partial charge in [0, 0.05) is 60.2 Å². The van der Waals surface area contributed by atoms with Crippen LogP contribution in [-0.2, 0) is 79.8 Å². The Bertz CT molecular complexity index is 4980. The number of cyclic esters (lactones) is 2. The van der Waals surface area contributed by atoms with E-state index in [1.54, 1.807) is 133 Å². The number of carbonyl (C=O) groups is 12. The smallest absolute Gasteiger partial charge is 0.325 e. The summed E-state index contributed by atoms with van der Waals surface area (Å²) >= 11 is 0. The van der Waals surface area contributed by atoms with E-state index in [2.05, 4.69) is 58.5 Å². The minimum atomic E-state index is -1.48. The first-order valence-electron chi connectivity index (χ1n) is 41.6. The number of fused-ring (bicyclic) bond motifs is 12. The van der Waals surface area contributed by atoms with Gasteiger partial charge in [0.2, 0.25) is 59.0 Å². The van der Waals surface area contributed by atoms with Gasteiger partial charge >= 0.3 is 11.9 Å². The number of pyridine rings is 3. The molecular weight excluding hydrogens is 1540 g/mol. The van der Waals surface area contributed by atoms with E-state index < -0.39 is 172 Å². The summed E-state index contributed by atoms with van der Waals surface area (Å²) in [5, 5.41) is 28.3. The van der Waals surface area contributed by atoms with E-state index in [-0.39, 0.29) is 75.8 Å². The van der Waals surface area contributed by atoms with Gasteiger partial charge in [-0.1, -0.05) is 64.1 Å². The normalized spacial score (nSPS) is 27.4. The molecule has 3 fully saturated rings. The number of benzene rings is 3. The summed E-state index contributed by atoms with van der Waals surface area (Å²) in [6.45, 7) is 26.6. The maximum absolute atomic E-state index is 15.4. The minimum absolute atomic E-state index is 0.0255. The lowest BCUT2D eigenvalue weighted by Gasteiger charge is -2.35. The summed E-state index contributed by atoms with van der Waals surface area (Å²) in [5.41, 5.74) is 7.79. The highest BCUT2D eigenvalue weighted by molar-refractivity contribution is 5.97. The number of carbonyl (C=O) groups excluding carboxylic acids is 12. The largest absolute Gasteiger partial charge is 0.477 e. The number of rotatable bonds is 7. The van der Waals surface area contributed by atoms with Crippen LogP contribution in [0.2, 0.25) is 0 Å². The molecule has 0 saturated carbocycles. The first-order valence-corrected chi connectivity index (χ1v) is 41.6.